The summed E-state index contributed by atoms with van der Waals surface area (Å²) in [5.41, 5.74) is 1.80. The zero-order valence-electron chi connectivity index (χ0n) is 16.6. The molecule has 0 bridgehead atoms. The number of ether oxygens (including phenoxy) is 1. The molecule has 1 heterocycles. The molecule has 3 atom stereocenters. The van der Waals surface area contributed by atoms with E-state index in [2.05, 4.69) is 12.2 Å². The van der Waals surface area contributed by atoms with E-state index in [0.717, 1.165) is 24.0 Å². The van der Waals surface area contributed by atoms with Crippen molar-refractivity contribution in [3.8, 4) is 0 Å². The molecule has 5 heteroatoms. The highest BCUT2D eigenvalue weighted by atomic mass is 19.1. The van der Waals surface area contributed by atoms with Crippen LogP contribution in [0.4, 0.5) is 10.1 Å². The van der Waals surface area contributed by atoms with E-state index in [4.69, 9.17) is 4.74 Å². The summed E-state index contributed by atoms with van der Waals surface area (Å²) in [5.74, 6) is 0.403. The van der Waals surface area contributed by atoms with Crippen LogP contribution >= 0.6 is 0 Å². The van der Waals surface area contributed by atoms with Crippen molar-refractivity contribution in [1.29, 1.82) is 0 Å². The molecule has 2 aromatic rings. The topological polar surface area (TPSA) is 46.6 Å². The number of carbonyl (C=O) groups is 2. The smallest absolute Gasteiger partial charge is 0.232 e. The number of carbonyl (C=O) groups excluding carboxylic acids is 2. The maximum absolute atomic E-state index is 13.3. The van der Waals surface area contributed by atoms with Gasteiger partial charge in [-0.1, -0.05) is 36.4 Å². The van der Waals surface area contributed by atoms with E-state index >= 15 is 0 Å². The van der Waals surface area contributed by atoms with Crippen LogP contribution in [0.15, 0.2) is 78.6 Å². The van der Waals surface area contributed by atoms with Crippen molar-refractivity contribution in [2.75, 3.05) is 4.90 Å². The fraction of sp³-hybridized carbons (Fsp3) is 0.280. The van der Waals surface area contributed by atoms with Gasteiger partial charge in [-0.3, -0.25) is 4.79 Å². The van der Waals surface area contributed by atoms with Crippen LogP contribution in [-0.2, 0) is 20.9 Å². The number of nitrogens with zero attached hydrogens (tertiary/aromatic N) is 1. The summed E-state index contributed by atoms with van der Waals surface area (Å²) in [6.07, 6.45) is 8.60. The summed E-state index contributed by atoms with van der Waals surface area (Å²) in [5, 5.41) is 0. The van der Waals surface area contributed by atoms with Gasteiger partial charge in [0.15, 0.2) is 0 Å². The molecule has 1 aliphatic heterocycles. The first-order valence-electron chi connectivity index (χ1n) is 10.2. The van der Waals surface area contributed by atoms with E-state index in [0.29, 0.717) is 25.1 Å². The first-order chi connectivity index (χ1) is 14.7. The molecule has 0 aromatic heterocycles. The summed E-state index contributed by atoms with van der Waals surface area (Å²) in [6, 6.07) is 15.9. The monoisotopic (exact) mass is 405 g/mol. The van der Waals surface area contributed by atoms with E-state index in [1.807, 2.05) is 36.4 Å². The van der Waals surface area contributed by atoms with Crippen LogP contribution in [0.2, 0.25) is 0 Å². The Morgan fingerprint density at radius 3 is 2.53 bits per heavy atom. The van der Waals surface area contributed by atoms with E-state index < -0.39 is 0 Å². The second-order valence-corrected chi connectivity index (χ2v) is 7.67. The van der Waals surface area contributed by atoms with Gasteiger partial charge >= 0.3 is 0 Å². The van der Waals surface area contributed by atoms with Crippen LogP contribution < -0.4 is 4.90 Å². The van der Waals surface area contributed by atoms with Gasteiger partial charge in [0.1, 0.15) is 24.5 Å². The molecular formula is C25H24FNO3. The van der Waals surface area contributed by atoms with Crippen molar-refractivity contribution in [3.63, 3.8) is 0 Å². The number of rotatable bonds is 8. The Balaban J connectivity index is 1.45. The maximum atomic E-state index is 13.3. The van der Waals surface area contributed by atoms with Gasteiger partial charge in [0.25, 0.3) is 0 Å². The Morgan fingerprint density at radius 1 is 1.10 bits per heavy atom. The third kappa shape index (κ3) is 4.20. The third-order valence-electron chi connectivity index (χ3n) is 5.75. The summed E-state index contributed by atoms with van der Waals surface area (Å²) in [4.78, 5) is 25.4. The van der Waals surface area contributed by atoms with Gasteiger partial charge in [0, 0.05) is 18.0 Å². The predicted octanol–water partition coefficient (Wildman–Crippen LogP) is 4.81. The molecule has 1 saturated heterocycles. The molecular weight excluding hydrogens is 381 g/mol. The number of hydrogen-bond donors (Lipinski definition) is 0. The summed E-state index contributed by atoms with van der Waals surface area (Å²) < 4.78 is 19.2. The lowest BCUT2D eigenvalue weighted by molar-refractivity contribution is -0.131. The highest BCUT2D eigenvalue weighted by molar-refractivity contribution is 6.03. The average Bonchev–Trinajstić information content (AvgIpc) is 2.78. The molecule has 0 radical (unpaired) electrons. The molecule has 4 rings (SSSR count). The molecule has 1 fully saturated rings. The van der Waals surface area contributed by atoms with E-state index in [1.54, 1.807) is 17.0 Å². The SMILES string of the molecule is O=CCCC1C(=O)N(c2ccc(F)cc2)C1C1C=CC(OCc2ccccc2)=CC1. The van der Waals surface area contributed by atoms with Crippen LogP contribution in [0.1, 0.15) is 24.8 Å². The van der Waals surface area contributed by atoms with Crippen LogP contribution in [0.3, 0.4) is 0 Å². The van der Waals surface area contributed by atoms with Gasteiger partial charge in [0.05, 0.1) is 12.0 Å². The standard InChI is InChI=1S/C25H24FNO3/c26-20-10-12-21(13-11-20)27-24(23(25(27)29)7-4-16-28)19-8-14-22(15-9-19)30-17-18-5-2-1-3-6-18/h1-3,5-6,8,10-16,19,23-24H,4,7,9,17H2. The Bertz CT molecular complexity index is 952. The van der Waals surface area contributed by atoms with E-state index in [-0.39, 0.29) is 29.6 Å². The lowest BCUT2D eigenvalue weighted by Gasteiger charge is -2.50. The van der Waals surface area contributed by atoms with Gasteiger partial charge in [-0.15, -0.1) is 0 Å². The van der Waals surface area contributed by atoms with Crippen molar-refractivity contribution in [3.05, 3.63) is 90.0 Å². The molecule has 4 nitrogen and oxygen atoms in total. The predicted molar refractivity (Wildman–Crippen MR) is 113 cm³/mol. The maximum Gasteiger partial charge on any atom is 0.232 e. The Labute approximate surface area is 175 Å². The first kappa shape index (κ1) is 20.1. The molecule has 1 amide bonds. The molecule has 0 spiro atoms. The average molecular weight is 405 g/mol. The normalized spacial score (nSPS) is 23.0. The second kappa shape index (κ2) is 9.08. The lowest BCUT2D eigenvalue weighted by Crippen LogP contribution is -2.64. The largest absolute Gasteiger partial charge is 0.489 e. The van der Waals surface area contributed by atoms with Crippen molar-refractivity contribution in [1.82, 2.24) is 0 Å². The number of amides is 1. The number of β-lactam (4-membered cyclic amide) rings is 1. The minimum Gasteiger partial charge on any atom is -0.489 e. The van der Waals surface area contributed by atoms with Crippen molar-refractivity contribution in [2.45, 2.75) is 31.9 Å². The number of benzene rings is 2. The fourth-order valence-corrected chi connectivity index (χ4v) is 4.22. The first-order valence-corrected chi connectivity index (χ1v) is 10.2. The lowest BCUT2D eigenvalue weighted by atomic mass is 9.74. The zero-order chi connectivity index (χ0) is 20.9. The number of anilines is 1. The minimum atomic E-state index is -0.332. The molecule has 154 valence electrons. The summed E-state index contributed by atoms with van der Waals surface area (Å²) in [6.45, 7) is 0.507. The Morgan fingerprint density at radius 2 is 1.87 bits per heavy atom. The number of halogens is 1. The van der Waals surface area contributed by atoms with Gasteiger partial charge in [-0.25, -0.2) is 4.39 Å². The van der Waals surface area contributed by atoms with Crippen LogP contribution in [0, 0.1) is 17.7 Å². The van der Waals surface area contributed by atoms with E-state index in [9.17, 15) is 14.0 Å². The summed E-state index contributed by atoms with van der Waals surface area (Å²) in [7, 11) is 0. The Kier molecular flexibility index (Phi) is 6.07. The third-order valence-corrected chi connectivity index (χ3v) is 5.75. The van der Waals surface area contributed by atoms with Gasteiger partial charge in [-0.05, 0) is 54.8 Å². The summed E-state index contributed by atoms with van der Waals surface area (Å²) >= 11 is 0. The van der Waals surface area contributed by atoms with E-state index in [1.165, 1.54) is 12.1 Å². The molecule has 30 heavy (non-hydrogen) atoms. The molecule has 1 aliphatic carbocycles. The van der Waals surface area contributed by atoms with Crippen LogP contribution in [0.5, 0.6) is 0 Å². The van der Waals surface area contributed by atoms with Gasteiger partial charge in [-0.2, -0.15) is 0 Å². The highest BCUT2D eigenvalue weighted by Crippen LogP contribution is 2.42. The molecule has 0 saturated carbocycles. The molecule has 2 aromatic carbocycles. The Hall–Kier alpha value is -3.21. The van der Waals surface area contributed by atoms with Gasteiger partial charge in [0.2, 0.25) is 5.91 Å². The number of aldehydes is 1. The van der Waals surface area contributed by atoms with Crippen LogP contribution in [0.25, 0.3) is 0 Å². The number of hydrogen-bond acceptors (Lipinski definition) is 3. The van der Waals surface area contributed by atoms with Crippen molar-refractivity contribution >= 4 is 17.9 Å². The molecule has 0 N–H and O–H groups in total. The molecule has 2 aliphatic rings. The van der Waals surface area contributed by atoms with Crippen molar-refractivity contribution in [2.24, 2.45) is 11.8 Å². The van der Waals surface area contributed by atoms with Crippen LogP contribution in [-0.4, -0.2) is 18.2 Å². The van der Waals surface area contributed by atoms with Gasteiger partial charge < -0.3 is 14.4 Å². The van der Waals surface area contributed by atoms with Crippen molar-refractivity contribution < 1.29 is 18.7 Å². The second-order valence-electron chi connectivity index (χ2n) is 7.67. The minimum absolute atomic E-state index is 0.00281. The number of allylic oxidation sites excluding steroid dienone is 2. The molecule has 3 unspecified atom stereocenters. The quantitative estimate of drug-likeness (QED) is 0.468. The fourth-order valence-electron chi connectivity index (χ4n) is 4.22. The highest BCUT2D eigenvalue weighted by Gasteiger charge is 2.50. The zero-order valence-corrected chi connectivity index (χ0v) is 16.6.